The SMILES string of the molecule is O=[N+]([O-])c1ccccc1CN1C[C@H](CN2CCCCC2)[C@@H](c2cccc(C(F)(F)F)c2)C1. The number of hydrogen-bond acceptors (Lipinski definition) is 4. The van der Waals surface area contributed by atoms with Crippen molar-refractivity contribution >= 4 is 5.69 Å². The number of benzene rings is 2. The molecule has 0 spiro atoms. The predicted octanol–water partition coefficient (Wildman–Crippen LogP) is 5.32. The Labute approximate surface area is 186 Å². The normalized spacial score (nSPS) is 22.8. The number of rotatable bonds is 6. The summed E-state index contributed by atoms with van der Waals surface area (Å²) in [7, 11) is 0. The van der Waals surface area contributed by atoms with Crippen LogP contribution in [0.25, 0.3) is 0 Å². The summed E-state index contributed by atoms with van der Waals surface area (Å²) >= 11 is 0. The van der Waals surface area contributed by atoms with E-state index in [1.807, 2.05) is 0 Å². The summed E-state index contributed by atoms with van der Waals surface area (Å²) in [5.41, 5.74) is 0.803. The number of para-hydroxylation sites is 1. The number of likely N-dealkylation sites (tertiary alicyclic amines) is 2. The van der Waals surface area contributed by atoms with Crippen LogP contribution >= 0.6 is 0 Å². The second-order valence-electron chi connectivity index (χ2n) is 8.93. The van der Waals surface area contributed by atoms with Crippen LogP contribution in [0.1, 0.15) is 41.9 Å². The minimum atomic E-state index is -4.37. The largest absolute Gasteiger partial charge is 0.416 e. The molecule has 2 aromatic carbocycles. The van der Waals surface area contributed by atoms with Crippen LogP contribution in [0.5, 0.6) is 0 Å². The Kier molecular flexibility index (Phi) is 6.81. The van der Waals surface area contributed by atoms with E-state index in [0.29, 0.717) is 30.8 Å². The maximum atomic E-state index is 13.3. The molecule has 4 rings (SSSR count). The molecular formula is C24H28F3N3O2. The molecule has 0 N–H and O–H groups in total. The van der Waals surface area contributed by atoms with E-state index in [9.17, 15) is 23.3 Å². The molecule has 32 heavy (non-hydrogen) atoms. The summed E-state index contributed by atoms with van der Waals surface area (Å²) in [6.45, 7) is 4.61. The van der Waals surface area contributed by atoms with E-state index in [4.69, 9.17) is 0 Å². The molecule has 2 saturated heterocycles. The van der Waals surface area contributed by atoms with Gasteiger partial charge in [-0.3, -0.25) is 15.0 Å². The molecule has 8 heteroatoms. The Morgan fingerprint density at radius 3 is 2.44 bits per heavy atom. The maximum absolute atomic E-state index is 13.3. The Balaban J connectivity index is 1.57. The van der Waals surface area contributed by atoms with Gasteiger partial charge in [0, 0.05) is 43.7 Å². The molecule has 0 saturated carbocycles. The van der Waals surface area contributed by atoms with E-state index in [0.717, 1.165) is 38.5 Å². The Hall–Kier alpha value is -2.45. The molecule has 2 fully saturated rings. The average Bonchev–Trinajstić information content (AvgIpc) is 3.16. The van der Waals surface area contributed by atoms with Gasteiger partial charge in [-0.25, -0.2) is 0 Å². The summed E-state index contributed by atoms with van der Waals surface area (Å²) in [4.78, 5) is 15.6. The van der Waals surface area contributed by atoms with Crippen molar-refractivity contribution in [2.45, 2.75) is 37.9 Å². The first-order valence-electron chi connectivity index (χ1n) is 11.2. The van der Waals surface area contributed by atoms with Gasteiger partial charge in [0.15, 0.2) is 0 Å². The highest BCUT2D eigenvalue weighted by Gasteiger charge is 2.37. The molecule has 0 radical (unpaired) electrons. The van der Waals surface area contributed by atoms with Crippen LogP contribution in [0.4, 0.5) is 18.9 Å². The van der Waals surface area contributed by atoms with E-state index < -0.39 is 11.7 Å². The third-order valence-electron chi connectivity index (χ3n) is 6.68. The first-order valence-corrected chi connectivity index (χ1v) is 11.2. The van der Waals surface area contributed by atoms with Gasteiger partial charge >= 0.3 is 6.18 Å². The summed E-state index contributed by atoms with van der Waals surface area (Å²) in [5.74, 6) is 0.140. The van der Waals surface area contributed by atoms with Gasteiger partial charge in [0.25, 0.3) is 5.69 Å². The standard InChI is InChI=1S/C24H28F3N3O2/c25-24(26,27)21-9-6-8-18(13-21)22-17-29(14-19-7-2-3-10-23(19)30(31)32)16-20(22)15-28-11-4-1-5-12-28/h2-3,6-10,13,20,22H,1,4-5,11-12,14-17H2/t20-,22+/m0/s1. The lowest BCUT2D eigenvalue weighted by molar-refractivity contribution is -0.385. The molecule has 0 unspecified atom stereocenters. The summed E-state index contributed by atoms with van der Waals surface area (Å²) < 4.78 is 40.0. The molecule has 2 aromatic rings. The number of alkyl halides is 3. The second kappa shape index (κ2) is 9.58. The molecule has 2 atom stereocenters. The predicted molar refractivity (Wildman–Crippen MR) is 116 cm³/mol. The van der Waals surface area contributed by atoms with Gasteiger partial charge in [-0.2, -0.15) is 13.2 Å². The highest BCUT2D eigenvalue weighted by molar-refractivity contribution is 5.40. The molecule has 2 aliphatic heterocycles. The Bertz CT molecular complexity index is 944. The van der Waals surface area contributed by atoms with Crippen molar-refractivity contribution in [3.63, 3.8) is 0 Å². The number of piperidine rings is 1. The fraction of sp³-hybridized carbons (Fsp3) is 0.500. The van der Waals surface area contributed by atoms with Crippen LogP contribution in [0.3, 0.4) is 0 Å². The quantitative estimate of drug-likeness (QED) is 0.445. The first-order chi connectivity index (χ1) is 15.3. The molecular weight excluding hydrogens is 419 g/mol. The van der Waals surface area contributed by atoms with Gasteiger partial charge in [-0.15, -0.1) is 0 Å². The molecule has 5 nitrogen and oxygen atoms in total. The number of halogens is 3. The molecule has 2 heterocycles. The fourth-order valence-electron chi connectivity index (χ4n) is 5.14. The highest BCUT2D eigenvalue weighted by atomic mass is 19.4. The van der Waals surface area contributed by atoms with Crippen molar-refractivity contribution in [2.24, 2.45) is 5.92 Å². The minimum absolute atomic E-state index is 0.0398. The van der Waals surface area contributed by atoms with Gasteiger partial charge < -0.3 is 4.90 Å². The molecule has 0 aliphatic carbocycles. The zero-order valence-electron chi connectivity index (χ0n) is 17.9. The molecule has 0 bridgehead atoms. The van der Waals surface area contributed by atoms with Crippen molar-refractivity contribution in [3.05, 3.63) is 75.3 Å². The van der Waals surface area contributed by atoms with E-state index >= 15 is 0 Å². The van der Waals surface area contributed by atoms with Crippen molar-refractivity contribution in [1.82, 2.24) is 9.80 Å². The minimum Gasteiger partial charge on any atom is -0.303 e. The van der Waals surface area contributed by atoms with Crippen molar-refractivity contribution < 1.29 is 18.1 Å². The van der Waals surface area contributed by atoms with Gasteiger partial charge in [0.1, 0.15) is 0 Å². The number of nitro benzene ring substituents is 1. The summed E-state index contributed by atoms with van der Waals surface area (Å²) in [6.07, 6.45) is -0.842. The van der Waals surface area contributed by atoms with Gasteiger partial charge in [-0.05, 0) is 43.5 Å². The van der Waals surface area contributed by atoms with Crippen LogP contribution < -0.4 is 0 Å². The summed E-state index contributed by atoms with van der Waals surface area (Å²) in [6, 6.07) is 12.4. The number of nitro groups is 1. The first kappa shape index (κ1) is 22.7. The third kappa shape index (κ3) is 5.30. The molecule has 2 aliphatic rings. The number of nitrogens with zero attached hydrogens (tertiary/aromatic N) is 3. The lowest BCUT2D eigenvalue weighted by Crippen LogP contribution is -2.36. The van der Waals surface area contributed by atoms with Crippen LogP contribution in [0, 0.1) is 16.0 Å². The van der Waals surface area contributed by atoms with Crippen LogP contribution in [0.15, 0.2) is 48.5 Å². The third-order valence-corrected chi connectivity index (χ3v) is 6.68. The smallest absolute Gasteiger partial charge is 0.303 e. The van der Waals surface area contributed by atoms with Crippen LogP contribution in [-0.2, 0) is 12.7 Å². The molecule has 0 amide bonds. The lowest BCUT2D eigenvalue weighted by Gasteiger charge is -2.31. The zero-order chi connectivity index (χ0) is 22.7. The summed E-state index contributed by atoms with van der Waals surface area (Å²) in [5, 5.41) is 11.4. The monoisotopic (exact) mass is 447 g/mol. The second-order valence-corrected chi connectivity index (χ2v) is 8.93. The molecule has 172 valence electrons. The lowest BCUT2D eigenvalue weighted by atomic mass is 9.87. The van der Waals surface area contributed by atoms with Gasteiger partial charge in [-0.1, -0.05) is 42.8 Å². The van der Waals surface area contributed by atoms with Crippen LogP contribution in [-0.4, -0.2) is 47.4 Å². The fourth-order valence-corrected chi connectivity index (χ4v) is 5.14. The van der Waals surface area contributed by atoms with Crippen molar-refractivity contribution in [1.29, 1.82) is 0 Å². The van der Waals surface area contributed by atoms with E-state index in [1.165, 1.54) is 24.6 Å². The van der Waals surface area contributed by atoms with Crippen molar-refractivity contribution in [3.8, 4) is 0 Å². The zero-order valence-corrected chi connectivity index (χ0v) is 17.9. The van der Waals surface area contributed by atoms with E-state index in [2.05, 4.69) is 9.80 Å². The Morgan fingerprint density at radius 2 is 1.72 bits per heavy atom. The average molecular weight is 448 g/mol. The maximum Gasteiger partial charge on any atom is 0.416 e. The topological polar surface area (TPSA) is 49.6 Å². The van der Waals surface area contributed by atoms with E-state index in [-0.39, 0.29) is 22.4 Å². The highest BCUT2D eigenvalue weighted by Crippen LogP contribution is 2.38. The Morgan fingerprint density at radius 1 is 0.969 bits per heavy atom. The van der Waals surface area contributed by atoms with Gasteiger partial charge in [0.2, 0.25) is 0 Å². The van der Waals surface area contributed by atoms with E-state index in [1.54, 1.807) is 24.3 Å². The molecule has 0 aromatic heterocycles. The number of hydrogen-bond donors (Lipinski definition) is 0. The van der Waals surface area contributed by atoms with Crippen LogP contribution in [0.2, 0.25) is 0 Å². The van der Waals surface area contributed by atoms with Crippen molar-refractivity contribution in [2.75, 3.05) is 32.7 Å². The van der Waals surface area contributed by atoms with Gasteiger partial charge in [0.05, 0.1) is 10.5 Å².